The molecule has 0 aromatic rings. The van der Waals surface area contributed by atoms with E-state index in [1.807, 2.05) is 0 Å². The Morgan fingerprint density at radius 1 is 1.36 bits per heavy atom. The van der Waals surface area contributed by atoms with Gasteiger partial charge in [-0.3, -0.25) is 4.90 Å². The summed E-state index contributed by atoms with van der Waals surface area (Å²) in [6.45, 7) is 7.57. The highest BCUT2D eigenvalue weighted by Crippen LogP contribution is 2.34. The van der Waals surface area contributed by atoms with Crippen molar-refractivity contribution in [2.24, 2.45) is 11.7 Å². The second-order valence-electron chi connectivity index (χ2n) is 3.36. The summed E-state index contributed by atoms with van der Waals surface area (Å²) in [6, 6.07) is 0.671. The smallest absolute Gasteiger partial charge is 0.0246 e. The maximum Gasteiger partial charge on any atom is 0.0246 e. The quantitative estimate of drug-likeness (QED) is 0.645. The average Bonchev–Trinajstić information content (AvgIpc) is 2.82. The molecule has 0 heterocycles. The van der Waals surface area contributed by atoms with E-state index in [2.05, 4.69) is 18.7 Å². The summed E-state index contributed by atoms with van der Waals surface area (Å²) in [5, 5.41) is 0. The monoisotopic (exact) mass is 156 g/mol. The van der Waals surface area contributed by atoms with Crippen LogP contribution in [0.25, 0.3) is 0 Å². The molecule has 0 aromatic heterocycles. The Hall–Kier alpha value is -0.0800. The number of hydrogen-bond acceptors (Lipinski definition) is 2. The van der Waals surface area contributed by atoms with Crippen LogP contribution in [0.5, 0.6) is 0 Å². The molecular formula is C9H20N2. The zero-order chi connectivity index (χ0) is 8.27. The molecule has 0 bridgehead atoms. The van der Waals surface area contributed by atoms with Crippen LogP contribution >= 0.6 is 0 Å². The van der Waals surface area contributed by atoms with Crippen LogP contribution in [0.3, 0.4) is 0 Å². The number of nitrogens with zero attached hydrogens (tertiary/aromatic N) is 1. The van der Waals surface area contributed by atoms with Crippen molar-refractivity contribution >= 4 is 0 Å². The molecule has 2 N–H and O–H groups in total. The van der Waals surface area contributed by atoms with E-state index < -0.39 is 0 Å². The predicted octanol–water partition coefficient (Wildman–Crippen LogP) is 1.07. The predicted molar refractivity (Wildman–Crippen MR) is 48.5 cm³/mol. The molecule has 0 aromatic carbocycles. The van der Waals surface area contributed by atoms with Crippen LogP contribution in [0, 0.1) is 5.92 Å². The maximum atomic E-state index is 5.72. The normalized spacial score (nSPS) is 20.7. The Morgan fingerprint density at radius 3 is 2.18 bits per heavy atom. The Labute approximate surface area is 69.8 Å². The fourth-order valence-electron chi connectivity index (χ4n) is 1.81. The highest BCUT2D eigenvalue weighted by atomic mass is 15.2. The first-order valence-corrected chi connectivity index (χ1v) is 4.77. The van der Waals surface area contributed by atoms with Gasteiger partial charge in [0.1, 0.15) is 0 Å². The molecule has 1 fully saturated rings. The molecule has 0 saturated heterocycles. The zero-order valence-electron chi connectivity index (χ0n) is 7.71. The first-order valence-electron chi connectivity index (χ1n) is 4.77. The van der Waals surface area contributed by atoms with Crippen LogP contribution in [0.2, 0.25) is 0 Å². The van der Waals surface area contributed by atoms with Gasteiger partial charge in [-0.2, -0.15) is 0 Å². The molecule has 0 amide bonds. The fourth-order valence-corrected chi connectivity index (χ4v) is 1.81. The van der Waals surface area contributed by atoms with Crippen LogP contribution in [0.15, 0.2) is 0 Å². The second kappa shape index (κ2) is 4.07. The Balaban J connectivity index is 2.36. The van der Waals surface area contributed by atoms with Crippen LogP contribution in [0.4, 0.5) is 0 Å². The van der Waals surface area contributed by atoms with Gasteiger partial charge in [-0.25, -0.2) is 0 Å². The molecule has 2 heteroatoms. The molecule has 0 spiro atoms. The molecule has 1 atom stereocenters. The summed E-state index contributed by atoms with van der Waals surface area (Å²) in [7, 11) is 0. The molecule has 1 rings (SSSR count). The van der Waals surface area contributed by atoms with E-state index in [1.54, 1.807) is 0 Å². The van der Waals surface area contributed by atoms with E-state index in [0.29, 0.717) is 6.04 Å². The summed E-state index contributed by atoms with van der Waals surface area (Å²) in [6.07, 6.45) is 2.80. The molecule has 0 radical (unpaired) electrons. The molecule has 11 heavy (non-hydrogen) atoms. The third-order valence-corrected chi connectivity index (χ3v) is 2.69. The van der Waals surface area contributed by atoms with Gasteiger partial charge in [-0.05, 0) is 31.8 Å². The molecular weight excluding hydrogens is 136 g/mol. The van der Waals surface area contributed by atoms with Crippen molar-refractivity contribution in [1.29, 1.82) is 0 Å². The molecule has 1 unspecified atom stereocenters. The Kier molecular flexibility index (Phi) is 3.34. The van der Waals surface area contributed by atoms with Gasteiger partial charge < -0.3 is 5.73 Å². The Morgan fingerprint density at radius 2 is 1.91 bits per heavy atom. The standard InChI is InChI=1S/C9H20N2/c1-3-11(4-2)9(7-10)8-5-6-8/h8-9H,3-7,10H2,1-2H3. The van der Waals surface area contributed by atoms with Gasteiger partial charge in [0.25, 0.3) is 0 Å². The molecule has 1 aliphatic carbocycles. The lowest BCUT2D eigenvalue weighted by Crippen LogP contribution is -2.41. The van der Waals surface area contributed by atoms with E-state index in [4.69, 9.17) is 5.73 Å². The van der Waals surface area contributed by atoms with Gasteiger partial charge in [0, 0.05) is 12.6 Å². The van der Waals surface area contributed by atoms with E-state index in [9.17, 15) is 0 Å². The lowest BCUT2D eigenvalue weighted by molar-refractivity contribution is 0.200. The van der Waals surface area contributed by atoms with Crippen molar-refractivity contribution in [3.8, 4) is 0 Å². The lowest BCUT2D eigenvalue weighted by atomic mass is 10.1. The lowest BCUT2D eigenvalue weighted by Gasteiger charge is -2.28. The minimum Gasteiger partial charge on any atom is -0.329 e. The summed E-state index contributed by atoms with van der Waals surface area (Å²) in [5.41, 5.74) is 5.72. The molecule has 66 valence electrons. The zero-order valence-corrected chi connectivity index (χ0v) is 7.71. The van der Waals surface area contributed by atoms with Gasteiger partial charge in [0.15, 0.2) is 0 Å². The van der Waals surface area contributed by atoms with Crippen molar-refractivity contribution in [2.75, 3.05) is 19.6 Å². The first kappa shape index (κ1) is 9.01. The molecule has 0 aliphatic heterocycles. The van der Waals surface area contributed by atoms with Crippen LogP contribution < -0.4 is 5.73 Å². The summed E-state index contributed by atoms with van der Waals surface area (Å²) in [5.74, 6) is 0.917. The van der Waals surface area contributed by atoms with Crippen molar-refractivity contribution in [1.82, 2.24) is 4.90 Å². The molecule has 2 nitrogen and oxygen atoms in total. The number of hydrogen-bond donors (Lipinski definition) is 1. The van der Waals surface area contributed by atoms with Gasteiger partial charge in [-0.1, -0.05) is 13.8 Å². The minimum absolute atomic E-state index is 0.671. The van der Waals surface area contributed by atoms with Gasteiger partial charge in [-0.15, -0.1) is 0 Å². The Bertz CT molecular complexity index is 106. The highest BCUT2D eigenvalue weighted by Gasteiger charge is 2.32. The fraction of sp³-hybridized carbons (Fsp3) is 1.00. The van der Waals surface area contributed by atoms with Crippen LogP contribution in [-0.2, 0) is 0 Å². The van der Waals surface area contributed by atoms with Crippen LogP contribution in [0.1, 0.15) is 26.7 Å². The summed E-state index contributed by atoms with van der Waals surface area (Å²) < 4.78 is 0. The van der Waals surface area contributed by atoms with E-state index in [1.165, 1.54) is 12.8 Å². The third kappa shape index (κ3) is 2.17. The van der Waals surface area contributed by atoms with Crippen molar-refractivity contribution in [3.63, 3.8) is 0 Å². The van der Waals surface area contributed by atoms with Crippen molar-refractivity contribution < 1.29 is 0 Å². The largest absolute Gasteiger partial charge is 0.329 e. The maximum absolute atomic E-state index is 5.72. The van der Waals surface area contributed by atoms with Gasteiger partial charge in [0.2, 0.25) is 0 Å². The van der Waals surface area contributed by atoms with Gasteiger partial charge in [0.05, 0.1) is 0 Å². The van der Waals surface area contributed by atoms with Gasteiger partial charge >= 0.3 is 0 Å². The van der Waals surface area contributed by atoms with Crippen molar-refractivity contribution in [3.05, 3.63) is 0 Å². The molecule has 1 aliphatic rings. The van der Waals surface area contributed by atoms with E-state index in [-0.39, 0.29) is 0 Å². The number of rotatable bonds is 5. The number of nitrogens with two attached hydrogens (primary N) is 1. The SMILES string of the molecule is CCN(CC)C(CN)C1CC1. The summed E-state index contributed by atoms with van der Waals surface area (Å²) in [4.78, 5) is 2.48. The highest BCUT2D eigenvalue weighted by molar-refractivity contribution is 4.88. The molecule has 1 saturated carbocycles. The van der Waals surface area contributed by atoms with Crippen LogP contribution in [-0.4, -0.2) is 30.6 Å². The first-order chi connectivity index (χ1) is 5.33. The third-order valence-electron chi connectivity index (χ3n) is 2.69. The minimum atomic E-state index is 0.671. The topological polar surface area (TPSA) is 29.3 Å². The van der Waals surface area contributed by atoms with Crippen molar-refractivity contribution in [2.45, 2.75) is 32.7 Å². The van der Waals surface area contributed by atoms with E-state index in [0.717, 1.165) is 25.6 Å². The second-order valence-corrected chi connectivity index (χ2v) is 3.36. The summed E-state index contributed by atoms with van der Waals surface area (Å²) >= 11 is 0. The average molecular weight is 156 g/mol. The number of likely N-dealkylation sites (N-methyl/N-ethyl adjacent to an activating group) is 1. The van der Waals surface area contributed by atoms with E-state index >= 15 is 0 Å².